The molecule has 1 heterocycles. The van der Waals surface area contributed by atoms with E-state index in [2.05, 4.69) is 11.8 Å². The van der Waals surface area contributed by atoms with Crippen LogP contribution in [0.4, 0.5) is 11.4 Å². The summed E-state index contributed by atoms with van der Waals surface area (Å²) >= 11 is 1.93. The molecule has 1 saturated heterocycles. The molecule has 1 aliphatic rings. The molecular weight excluding hydrogens is 234 g/mol. The van der Waals surface area contributed by atoms with Gasteiger partial charge in [-0.05, 0) is 25.1 Å². The highest BCUT2D eigenvalue weighted by Crippen LogP contribution is 2.28. The topological polar surface area (TPSA) is 72.3 Å². The van der Waals surface area contributed by atoms with E-state index in [1.54, 1.807) is 12.1 Å². The van der Waals surface area contributed by atoms with Crippen LogP contribution in [0.3, 0.4) is 0 Å². The van der Waals surface area contributed by atoms with Crippen LogP contribution >= 0.6 is 11.8 Å². The minimum Gasteiger partial charge on any atom is -0.399 e. The van der Waals surface area contributed by atoms with E-state index >= 15 is 0 Å². The Morgan fingerprint density at radius 2 is 2.29 bits per heavy atom. The molecule has 0 saturated carbocycles. The quantitative estimate of drug-likeness (QED) is 0.777. The number of nitrogen functional groups attached to an aromatic ring is 1. The number of hydrogen-bond acceptors (Lipinski definition) is 4. The van der Waals surface area contributed by atoms with Crippen LogP contribution in [0.1, 0.15) is 17.3 Å². The zero-order chi connectivity index (χ0) is 12.4. The molecule has 1 atom stereocenters. The summed E-state index contributed by atoms with van der Waals surface area (Å²) in [7, 11) is 0. The molecular formula is C12H17N3OS. The molecule has 5 heteroatoms. The lowest BCUT2D eigenvalue weighted by molar-refractivity contribution is 0.100. The molecule has 0 aromatic heterocycles. The van der Waals surface area contributed by atoms with Gasteiger partial charge in [0.1, 0.15) is 0 Å². The zero-order valence-corrected chi connectivity index (χ0v) is 10.7. The molecule has 1 fully saturated rings. The molecule has 17 heavy (non-hydrogen) atoms. The Hall–Kier alpha value is -1.36. The highest BCUT2D eigenvalue weighted by atomic mass is 32.2. The predicted octanol–water partition coefficient (Wildman–Crippen LogP) is 1.31. The van der Waals surface area contributed by atoms with Crippen molar-refractivity contribution >= 4 is 29.0 Å². The van der Waals surface area contributed by atoms with Gasteiger partial charge in [0.2, 0.25) is 0 Å². The maximum absolute atomic E-state index is 11.4. The summed E-state index contributed by atoms with van der Waals surface area (Å²) in [4.78, 5) is 13.6. The molecule has 4 N–H and O–H groups in total. The van der Waals surface area contributed by atoms with Crippen molar-refractivity contribution in [3.05, 3.63) is 23.8 Å². The third-order valence-electron chi connectivity index (χ3n) is 2.96. The Kier molecular flexibility index (Phi) is 3.47. The average molecular weight is 251 g/mol. The molecule has 1 aromatic rings. The first-order valence-electron chi connectivity index (χ1n) is 5.63. The van der Waals surface area contributed by atoms with E-state index in [1.807, 2.05) is 17.8 Å². The van der Waals surface area contributed by atoms with Crippen molar-refractivity contribution in [2.24, 2.45) is 5.73 Å². The van der Waals surface area contributed by atoms with Crippen molar-refractivity contribution in [2.75, 3.05) is 28.7 Å². The van der Waals surface area contributed by atoms with Crippen LogP contribution in [0, 0.1) is 0 Å². The molecule has 2 rings (SSSR count). The van der Waals surface area contributed by atoms with Gasteiger partial charge in [0.25, 0.3) is 5.91 Å². The summed E-state index contributed by atoms with van der Waals surface area (Å²) in [5, 5.41) is 0. The number of carbonyl (C=O) groups excluding carboxylic acids is 1. The molecule has 1 aliphatic heterocycles. The molecule has 92 valence electrons. The van der Waals surface area contributed by atoms with Gasteiger partial charge in [-0.2, -0.15) is 11.8 Å². The summed E-state index contributed by atoms with van der Waals surface area (Å²) in [5.41, 5.74) is 13.3. The van der Waals surface area contributed by atoms with Gasteiger partial charge < -0.3 is 16.4 Å². The standard InChI is InChI=1S/C12H17N3OS/c1-8-7-17-5-4-15(8)11-6-9(13)2-3-10(11)12(14)16/h2-3,6,8H,4-5,7,13H2,1H3,(H2,14,16). The Balaban J connectivity index is 2.41. The Morgan fingerprint density at radius 1 is 1.53 bits per heavy atom. The lowest BCUT2D eigenvalue weighted by Crippen LogP contribution is -2.41. The highest BCUT2D eigenvalue weighted by molar-refractivity contribution is 7.99. The van der Waals surface area contributed by atoms with Crippen molar-refractivity contribution in [2.45, 2.75) is 13.0 Å². The van der Waals surface area contributed by atoms with Crippen molar-refractivity contribution in [3.63, 3.8) is 0 Å². The van der Waals surface area contributed by atoms with Crippen LogP contribution < -0.4 is 16.4 Å². The maximum atomic E-state index is 11.4. The number of nitrogens with zero attached hydrogens (tertiary/aromatic N) is 1. The molecule has 1 amide bonds. The fourth-order valence-electron chi connectivity index (χ4n) is 2.08. The smallest absolute Gasteiger partial charge is 0.250 e. The molecule has 1 unspecified atom stereocenters. The molecule has 0 aliphatic carbocycles. The van der Waals surface area contributed by atoms with Crippen LogP contribution in [0.15, 0.2) is 18.2 Å². The van der Waals surface area contributed by atoms with E-state index in [0.717, 1.165) is 23.7 Å². The van der Waals surface area contributed by atoms with E-state index in [9.17, 15) is 4.79 Å². The van der Waals surface area contributed by atoms with Crippen LogP contribution in [0.25, 0.3) is 0 Å². The van der Waals surface area contributed by atoms with Crippen molar-refractivity contribution in [1.29, 1.82) is 0 Å². The molecule has 1 aromatic carbocycles. The van der Waals surface area contributed by atoms with E-state index in [-0.39, 0.29) is 0 Å². The second-order valence-electron chi connectivity index (χ2n) is 4.26. The average Bonchev–Trinajstić information content (AvgIpc) is 2.29. The van der Waals surface area contributed by atoms with E-state index < -0.39 is 5.91 Å². The van der Waals surface area contributed by atoms with Crippen LogP contribution in [-0.4, -0.2) is 30.0 Å². The summed E-state index contributed by atoms with van der Waals surface area (Å²) in [6.07, 6.45) is 0. The fraction of sp³-hybridized carbons (Fsp3) is 0.417. The fourth-order valence-corrected chi connectivity index (χ4v) is 3.09. The summed E-state index contributed by atoms with van der Waals surface area (Å²) in [6, 6.07) is 5.66. The van der Waals surface area contributed by atoms with Gasteiger partial charge in [-0.1, -0.05) is 0 Å². The van der Waals surface area contributed by atoms with Gasteiger partial charge in [0, 0.05) is 29.8 Å². The third kappa shape index (κ3) is 2.49. The first-order chi connectivity index (χ1) is 8.09. The second kappa shape index (κ2) is 4.87. The number of benzene rings is 1. The van der Waals surface area contributed by atoms with Crippen LogP contribution in [0.5, 0.6) is 0 Å². The number of nitrogens with two attached hydrogens (primary N) is 2. The number of anilines is 2. The van der Waals surface area contributed by atoms with Gasteiger partial charge in [-0.3, -0.25) is 4.79 Å². The van der Waals surface area contributed by atoms with Crippen molar-refractivity contribution < 1.29 is 4.79 Å². The van der Waals surface area contributed by atoms with Crippen molar-refractivity contribution in [3.8, 4) is 0 Å². The zero-order valence-electron chi connectivity index (χ0n) is 9.85. The number of rotatable bonds is 2. The minimum atomic E-state index is -0.398. The van der Waals surface area contributed by atoms with E-state index in [4.69, 9.17) is 11.5 Å². The van der Waals surface area contributed by atoms with Crippen LogP contribution in [-0.2, 0) is 0 Å². The Morgan fingerprint density at radius 3 is 2.94 bits per heavy atom. The summed E-state index contributed by atoms with van der Waals surface area (Å²) in [6.45, 7) is 3.08. The number of hydrogen-bond donors (Lipinski definition) is 2. The molecule has 4 nitrogen and oxygen atoms in total. The molecule has 0 spiro atoms. The number of thioether (sulfide) groups is 1. The van der Waals surface area contributed by atoms with Crippen molar-refractivity contribution in [1.82, 2.24) is 0 Å². The maximum Gasteiger partial charge on any atom is 0.250 e. The SMILES string of the molecule is CC1CSCCN1c1cc(N)ccc1C(N)=O. The number of amides is 1. The van der Waals surface area contributed by atoms with E-state index in [0.29, 0.717) is 17.3 Å². The summed E-state index contributed by atoms with van der Waals surface area (Å²) < 4.78 is 0. The third-order valence-corrected chi connectivity index (χ3v) is 4.15. The van der Waals surface area contributed by atoms with Gasteiger partial charge in [0.15, 0.2) is 0 Å². The monoisotopic (exact) mass is 251 g/mol. The normalized spacial score (nSPS) is 20.3. The minimum absolute atomic E-state index is 0.397. The predicted molar refractivity (Wildman–Crippen MR) is 73.5 cm³/mol. The largest absolute Gasteiger partial charge is 0.399 e. The second-order valence-corrected chi connectivity index (χ2v) is 5.41. The lowest BCUT2D eigenvalue weighted by atomic mass is 10.1. The van der Waals surface area contributed by atoms with Gasteiger partial charge >= 0.3 is 0 Å². The first kappa shape index (κ1) is 12.1. The highest BCUT2D eigenvalue weighted by Gasteiger charge is 2.22. The van der Waals surface area contributed by atoms with E-state index in [1.165, 1.54) is 0 Å². The first-order valence-corrected chi connectivity index (χ1v) is 6.79. The molecule has 0 radical (unpaired) electrons. The summed E-state index contributed by atoms with van der Waals surface area (Å²) in [5.74, 6) is 1.73. The number of primary amides is 1. The number of carbonyl (C=O) groups is 1. The van der Waals surface area contributed by atoms with Gasteiger partial charge in [-0.25, -0.2) is 0 Å². The lowest BCUT2D eigenvalue weighted by Gasteiger charge is -2.36. The van der Waals surface area contributed by atoms with Gasteiger partial charge in [-0.15, -0.1) is 0 Å². The molecule has 0 bridgehead atoms. The Labute approximate surface area is 105 Å². The Bertz CT molecular complexity index is 436. The van der Waals surface area contributed by atoms with Gasteiger partial charge in [0.05, 0.1) is 11.3 Å². The van der Waals surface area contributed by atoms with Crippen LogP contribution in [0.2, 0.25) is 0 Å².